The Kier molecular flexibility index (Phi) is 3.16. The summed E-state index contributed by atoms with van der Waals surface area (Å²) in [6.07, 6.45) is 5.30. The fraction of sp³-hybridized carbons (Fsp3) is 0.500. The lowest BCUT2D eigenvalue weighted by Gasteiger charge is -2.19. The molecule has 2 aromatic rings. The van der Waals surface area contributed by atoms with E-state index in [0.717, 1.165) is 11.0 Å². The predicted octanol–water partition coefficient (Wildman–Crippen LogP) is 3.29. The van der Waals surface area contributed by atoms with Gasteiger partial charge in [-0.25, -0.2) is 4.98 Å². The normalized spacial score (nSPS) is 21.2. The molecule has 0 saturated carbocycles. The van der Waals surface area contributed by atoms with Gasteiger partial charge in [-0.2, -0.15) is 0 Å². The highest BCUT2D eigenvalue weighted by molar-refractivity contribution is 9.10. The first-order chi connectivity index (χ1) is 8.65. The molecule has 18 heavy (non-hydrogen) atoms. The molecule has 0 aromatic carbocycles. The number of pyridine rings is 1. The van der Waals surface area contributed by atoms with E-state index in [1.54, 1.807) is 0 Å². The quantitative estimate of drug-likeness (QED) is 0.848. The van der Waals surface area contributed by atoms with Crippen molar-refractivity contribution in [1.82, 2.24) is 14.3 Å². The number of nitrogens with zero attached hydrogens (tertiary/aromatic N) is 3. The molecule has 1 aliphatic rings. The van der Waals surface area contributed by atoms with Gasteiger partial charge in [-0.1, -0.05) is 0 Å². The molecule has 1 atom stereocenters. The zero-order chi connectivity index (χ0) is 12.7. The van der Waals surface area contributed by atoms with Crippen LogP contribution >= 0.6 is 15.9 Å². The lowest BCUT2D eigenvalue weighted by molar-refractivity contribution is 0.272. The van der Waals surface area contributed by atoms with E-state index in [2.05, 4.69) is 62.4 Å². The highest BCUT2D eigenvalue weighted by Gasteiger charge is 2.28. The first-order valence-corrected chi connectivity index (χ1v) is 7.31. The highest BCUT2D eigenvalue weighted by atomic mass is 79.9. The maximum atomic E-state index is 4.63. The van der Waals surface area contributed by atoms with Crippen LogP contribution in [0, 0.1) is 0 Å². The zero-order valence-corrected chi connectivity index (χ0v) is 12.4. The minimum Gasteiger partial charge on any atom is -0.302 e. The first-order valence-electron chi connectivity index (χ1n) is 6.51. The zero-order valence-electron chi connectivity index (χ0n) is 10.8. The van der Waals surface area contributed by atoms with Crippen molar-refractivity contribution in [1.29, 1.82) is 0 Å². The second kappa shape index (κ2) is 4.67. The number of fused-ring (bicyclic) bond motifs is 1. The molecule has 1 fully saturated rings. The monoisotopic (exact) mass is 307 g/mol. The molecule has 0 radical (unpaired) electrons. The summed E-state index contributed by atoms with van der Waals surface area (Å²) in [7, 11) is 0. The summed E-state index contributed by atoms with van der Waals surface area (Å²) in [5.41, 5.74) is 1.18. The maximum absolute atomic E-state index is 4.63. The molecule has 3 nitrogen and oxygen atoms in total. The molecule has 0 aliphatic carbocycles. The minimum atomic E-state index is 0.559. The molecule has 2 aromatic heterocycles. The molecule has 3 rings (SSSR count). The van der Waals surface area contributed by atoms with Gasteiger partial charge in [-0.05, 0) is 54.9 Å². The van der Waals surface area contributed by atoms with Crippen LogP contribution in [0.4, 0.5) is 0 Å². The second-order valence-electron chi connectivity index (χ2n) is 5.33. The van der Waals surface area contributed by atoms with E-state index in [0.29, 0.717) is 12.0 Å². The Morgan fingerprint density at radius 2 is 2.22 bits per heavy atom. The summed E-state index contributed by atoms with van der Waals surface area (Å²) in [4.78, 5) is 7.16. The average Bonchev–Trinajstić information content (AvgIpc) is 2.93. The smallest absolute Gasteiger partial charge is 0.117 e. The van der Waals surface area contributed by atoms with Gasteiger partial charge >= 0.3 is 0 Å². The van der Waals surface area contributed by atoms with Gasteiger partial charge in [-0.3, -0.25) is 0 Å². The average molecular weight is 308 g/mol. The van der Waals surface area contributed by atoms with Gasteiger partial charge in [0, 0.05) is 29.2 Å². The third kappa shape index (κ3) is 2.08. The van der Waals surface area contributed by atoms with Gasteiger partial charge in [0.25, 0.3) is 0 Å². The van der Waals surface area contributed by atoms with E-state index in [1.165, 1.54) is 24.3 Å². The number of hydrogen-bond acceptors (Lipinski definition) is 2. The summed E-state index contributed by atoms with van der Waals surface area (Å²) in [6.45, 7) is 6.85. The van der Waals surface area contributed by atoms with Crippen molar-refractivity contribution in [2.45, 2.75) is 32.2 Å². The number of hydrogen-bond donors (Lipinski definition) is 0. The molecule has 1 saturated heterocycles. The number of likely N-dealkylation sites (tertiary alicyclic amines) is 1. The van der Waals surface area contributed by atoms with Crippen LogP contribution in [0.2, 0.25) is 0 Å². The molecule has 0 spiro atoms. The van der Waals surface area contributed by atoms with E-state index in [4.69, 9.17) is 0 Å². The SMILES string of the molecule is CC(C)N1CCC(c2ncc3ccc(Br)cn23)C1. The minimum absolute atomic E-state index is 0.559. The summed E-state index contributed by atoms with van der Waals surface area (Å²) in [5.74, 6) is 1.76. The van der Waals surface area contributed by atoms with Crippen molar-refractivity contribution in [2.24, 2.45) is 0 Å². The standard InChI is InChI=1S/C14H18BrN3/c1-10(2)17-6-5-11(8-17)14-16-7-13-4-3-12(15)9-18(13)14/h3-4,7,9-11H,5-6,8H2,1-2H3. The third-order valence-corrected chi connectivity index (χ3v) is 4.30. The molecule has 4 heteroatoms. The van der Waals surface area contributed by atoms with Crippen LogP contribution in [-0.2, 0) is 0 Å². The van der Waals surface area contributed by atoms with Gasteiger partial charge in [0.15, 0.2) is 0 Å². The molecule has 0 N–H and O–H groups in total. The Morgan fingerprint density at radius 1 is 1.39 bits per heavy atom. The maximum Gasteiger partial charge on any atom is 0.117 e. The summed E-state index contributed by atoms with van der Waals surface area (Å²) in [5, 5.41) is 0. The fourth-order valence-electron chi connectivity index (χ4n) is 2.75. The van der Waals surface area contributed by atoms with E-state index in [1.807, 2.05) is 6.20 Å². The van der Waals surface area contributed by atoms with E-state index < -0.39 is 0 Å². The van der Waals surface area contributed by atoms with Crippen LogP contribution < -0.4 is 0 Å². The van der Waals surface area contributed by atoms with Crippen LogP contribution in [0.15, 0.2) is 29.0 Å². The van der Waals surface area contributed by atoms with Crippen LogP contribution in [-0.4, -0.2) is 33.4 Å². The van der Waals surface area contributed by atoms with Crippen molar-refractivity contribution in [3.05, 3.63) is 34.8 Å². The van der Waals surface area contributed by atoms with Crippen LogP contribution in [0.1, 0.15) is 32.0 Å². The van der Waals surface area contributed by atoms with Gasteiger partial charge in [-0.15, -0.1) is 0 Å². The summed E-state index contributed by atoms with van der Waals surface area (Å²) >= 11 is 3.54. The molecule has 1 unspecified atom stereocenters. The molecule has 1 aliphatic heterocycles. The van der Waals surface area contributed by atoms with Crippen molar-refractivity contribution in [3.63, 3.8) is 0 Å². The number of halogens is 1. The Balaban J connectivity index is 1.93. The summed E-state index contributed by atoms with van der Waals surface area (Å²) < 4.78 is 3.33. The number of imidazole rings is 1. The molecule has 3 heterocycles. The van der Waals surface area contributed by atoms with E-state index in [-0.39, 0.29) is 0 Å². The first kappa shape index (κ1) is 12.2. The second-order valence-corrected chi connectivity index (χ2v) is 6.25. The van der Waals surface area contributed by atoms with Crippen LogP contribution in [0.5, 0.6) is 0 Å². The number of rotatable bonds is 2. The lowest BCUT2D eigenvalue weighted by Crippen LogP contribution is -2.28. The van der Waals surface area contributed by atoms with Crippen LogP contribution in [0.3, 0.4) is 0 Å². The molecule has 0 amide bonds. The van der Waals surface area contributed by atoms with E-state index >= 15 is 0 Å². The van der Waals surface area contributed by atoms with Gasteiger partial charge in [0.05, 0.1) is 11.7 Å². The largest absolute Gasteiger partial charge is 0.302 e. The van der Waals surface area contributed by atoms with Crippen molar-refractivity contribution >= 4 is 21.4 Å². The third-order valence-electron chi connectivity index (χ3n) is 3.83. The summed E-state index contributed by atoms with van der Waals surface area (Å²) in [6, 6.07) is 4.80. The van der Waals surface area contributed by atoms with Crippen molar-refractivity contribution in [3.8, 4) is 0 Å². The Labute approximate surface area is 116 Å². The Hall–Kier alpha value is -0.870. The highest BCUT2D eigenvalue weighted by Crippen LogP contribution is 2.28. The Bertz CT molecular complexity index is 561. The lowest BCUT2D eigenvalue weighted by atomic mass is 10.1. The Morgan fingerprint density at radius 3 is 2.94 bits per heavy atom. The van der Waals surface area contributed by atoms with Gasteiger partial charge in [0.1, 0.15) is 5.82 Å². The molecule has 0 bridgehead atoms. The predicted molar refractivity (Wildman–Crippen MR) is 77.0 cm³/mol. The fourth-order valence-corrected chi connectivity index (χ4v) is 3.09. The van der Waals surface area contributed by atoms with E-state index in [9.17, 15) is 0 Å². The number of aromatic nitrogens is 2. The topological polar surface area (TPSA) is 20.5 Å². The van der Waals surface area contributed by atoms with Crippen LogP contribution in [0.25, 0.3) is 5.52 Å². The van der Waals surface area contributed by atoms with Crippen molar-refractivity contribution < 1.29 is 0 Å². The molecular formula is C14H18BrN3. The van der Waals surface area contributed by atoms with Gasteiger partial charge in [0.2, 0.25) is 0 Å². The van der Waals surface area contributed by atoms with Gasteiger partial charge < -0.3 is 9.30 Å². The van der Waals surface area contributed by atoms with Crippen molar-refractivity contribution in [2.75, 3.05) is 13.1 Å². The molecular weight excluding hydrogens is 290 g/mol. The molecule has 96 valence electrons.